The summed E-state index contributed by atoms with van der Waals surface area (Å²) in [5.41, 5.74) is 4.87. The molecule has 1 N–H and O–H groups in total. The molecule has 1 amide bonds. The van der Waals surface area contributed by atoms with E-state index in [0.717, 1.165) is 22.4 Å². The third-order valence-electron chi connectivity index (χ3n) is 5.47. The molecule has 168 valence electrons. The first-order chi connectivity index (χ1) is 15.5. The zero-order valence-electron chi connectivity index (χ0n) is 19.7. The van der Waals surface area contributed by atoms with Gasteiger partial charge in [0.1, 0.15) is 11.8 Å². The Bertz CT molecular complexity index is 1260. The van der Waals surface area contributed by atoms with E-state index in [1.807, 2.05) is 45.9 Å². The number of Topliss-reactive ketones (excluding diaryl/α,β-unsaturated/α-hetero) is 1. The van der Waals surface area contributed by atoms with Crippen molar-refractivity contribution in [2.75, 3.05) is 12.4 Å². The number of ketones is 1. The Morgan fingerprint density at radius 2 is 1.76 bits per heavy atom. The number of pyridine rings is 1. The fourth-order valence-electron chi connectivity index (χ4n) is 3.51. The molecular formula is C27H27N3O3. The Labute approximate surface area is 194 Å². The van der Waals surface area contributed by atoms with Crippen LogP contribution in [0.3, 0.4) is 0 Å². The van der Waals surface area contributed by atoms with Crippen molar-refractivity contribution < 1.29 is 14.3 Å². The Balaban J connectivity index is 1.99. The van der Waals surface area contributed by atoms with Crippen LogP contribution in [-0.4, -0.2) is 23.8 Å². The summed E-state index contributed by atoms with van der Waals surface area (Å²) in [7, 11) is 1.44. The fourth-order valence-corrected chi connectivity index (χ4v) is 3.51. The Morgan fingerprint density at radius 3 is 2.30 bits per heavy atom. The number of aryl methyl sites for hydroxylation is 1. The van der Waals surface area contributed by atoms with Gasteiger partial charge < -0.3 is 10.1 Å². The smallest absolute Gasteiger partial charge is 0.259 e. The number of benzene rings is 2. The van der Waals surface area contributed by atoms with Gasteiger partial charge >= 0.3 is 0 Å². The van der Waals surface area contributed by atoms with Crippen LogP contribution in [0.5, 0.6) is 5.75 Å². The number of rotatable bonds is 5. The molecule has 1 heterocycles. The van der Waals surface area contributed by atoms with Gasteiger partial charge in [-0.3, -0.25) is 14.6 Å². The normalized spacial score (nSPS) is 10.9. The molecule has 0 spiro atoms. The molecule has 3 rings (SSSR count). The zero-order valence-corrected chi connectivity index (χ0v) is 19.7. The molecule has 0 aliphatic rings. The van der Waals surface area contributed by atoms with Gasteiger partial charge in [0.05, 0.1) is 30.1 Å². The lowest BCUT2D eigenvalue weighted by Gasteiger charge is -2.22. The first-order valence-electron chi connectivity index (χ1n) is 10.6. The van der Waals surface area contributed by atoms with E-state index < -0.39 is 5.91 Å². The molecule has 0 fully saturated rings. The van der Waals surface area contributed by atoms with Crippen molar-refractivity contribution in [3.8, 4) is 22.9 Å². The second kappa shape index (κ2) is 9.25. The number of carbonyl (C=O) groups excluding carboxylic acids is 2. The van der Waals surface area contributed by atoms with Gasteiger partial charge in [0.15, 0.2) is 5.78 Å². The van der Waals surface area contributed by atoms with Crippen molar-refractivity contribution in [3.05, 3.63) is 76.6 Å². The average Bonchev–Trinajstić information content (AvgIpc) is 2.78. The van der Waals surface area contributed by atoms with Crippen molar-refractivity contribution in [2.24, 2.45) is 0 Å². The van der Waals surface area contributed by atoms with Crippen LogP contribution in [0.2, 0.25) is 0 Å². The number of ether oxygens (including phenoxy) is 1. The fraction of sp³-hybridized carbons (Fsp3) is 0.259. The second-order valence-corrected chi connectivity index (χ2v) is 8.91. The summed E-state index contributed by atoms with van der Waals surface area (Å²) in [5, 5.41) is 12.5. The minimum Gasteiger partial charge on any atom is -0.495 e. The van der Waals surface area contributed by atoms with Crippen molar-refractivity contribution in [1.82, 2.24) is 4.98 Å². The van der Waals surface area contributed by atoms with Gasteiger partial charge in [-0.05, 0) is 48.6 Å². The number of nitrogens with one attached hydrogen (secondary N) is 1. The highest BCUT2D eigenvalue weighted by atomic mass is 16.5. The van der Waals surface area contributed by atoms with E-state index in [-0.39, 0.29) is 22.5 Å². The lowest BCUT2D eigenvalue weighted by atomic mass is 9.84. The molecule has 0 bridgehead atoms. The minimum atomic E-state index is -0.391. The third-order valence-corrected chi connectivity index (χ3v) is 5.47. The van der Waals surface area contributed by atoms with Gasteiger partial charge in [0.2, 0.25) is 0 Å². The van der Waals surface area contributed by atoms with E-state index in [9.17, 15) is 14.9 Å². The lowest BCUT2D eigenvalue weighted by molar-refractivity contribution is 0.101. The summed E-state index contributed by atoms with van der Waals surface area (Å²) in [6, 6.07) is 14.8. The minimum absolute atomic E-state index is 0.000541. The van der Waals surface area contributed by atoms with Crippen LogP contribution in [0.4, 0.5) is 5.69 Å². The number of carbonyl (C=O) groups is 2. The van der Waals surface area contributed by atoms with E-state index in [0.29, 0.717) is 16.8 Å². The van der Waals surface area contributed by atoms with E-state index in [4.69, 9.17) is 4.74 Å². The molecule has 0 atom stereocenters. The Kier molecular flexibility index (Phi) is 6.64. The summed E-state index contributed by atoms with van der Waals surface area (Å²) in [5.74, 6) is -0.151. The van der Waals surface area contributed by atoms with Gasteiger partial charge in [0, 0.05) is 16.8 Å². The Hall–Kier alpha value is -3.98. The molecule has 6 nitrogen and oxygen atoms in total. The van der Waals surface area contributed by atoms with Crippen LogP contribution < -0.4 is 10.1 Å². The van der Waals surface area contributed by atoms with E-state index in [1.165, 1.54) is 14.0 Å². The second-order valence-electron chi connectivity index (χ2n) is 8.91. The summed E-state index contributed by atoms with van der Waals surface area (Å²) in [6.07, 6.45) is 1.59. The molecular weight excluding hydrogens is 414 g/mol. The predicted molar refractivity (Wildman–Crippen MR) is 129 cm³/mol. The molecule has 0 aliphatic carbocycles. The van der Waals surface area contributed by atoms with Crippen LogP contribution in [-0.2, 0) is 5.41 Å². The van der Waals surface area contributed by atoms with Gasteiger partial charge in [-0.1, -0.05) is 45.0 Å². The number of hydrogen-bond donors (Lipinski definition) is 1. The molecule has 0 saturated carbocycles. The number of hydrogen-bond acceptors (Lipinski definition) is 5. The van der Waals surface area contributed by atoms with Gasteiger partial charge in [-0.15, -0.1) is 0 Å². The quantitative estimate of drug-likeness (QED) is 0.514. The predicted octanol–water partition coefficient (Wildman–Crippen LogP) is 5.69. The lowest BCUT2D eigenvalue weighted by Crippen LogP contribution is -2.18. The van der Waals surface area contributed by atoms with E-state index in [2.05, 4.69) is 16.4 Å². The van der Waals surface area contributed by atoms with Crippen molar-refractivity contribution in [1.29, 1.82) is 5.26 Å². The maximum atomic E-state index is 13.2. The number of methoxy groups -OCH3 is 1. The summed E-state index contributed by atoms with van der Waals surface area (Å²) < 4.78 is 5.41. The third kappa shape index (κ3) is 5.09. The average molecular weight is 442 g/mol. The van der Waals surface area contributed by atoms with Gasteiger partial charge in [-0.25, -0.2) is 0 Å². The molecule has 6 heteroatoms. The SMILES string of the molecule is COc1c(C#N)cc(C(C)(C)C)cc1C(=O)Nc1cnc(C)c(-c2ccc(C(C)=O)cc2)c1. The number of nitrogens with zero attached hydrogens (tertiary/aromatic N) is 2. The highest BCUT2D eigenvalue weighted by molar-refractivity contribution is 6.07. The summed E-state index contributed by atoms with van der Waals surface area (Å²) in [4.78, 5) is 29.2. The Morgan fingerprint density at radius 1 is 1.09 bits per heavy atom. The maximum absolute atomic E-state index is 13.2. The molecule has 3 aromatic rings. The van der Waals surface area contributed by atoms with Gasteiger partial charge in [-0.2, -0.15) is 5.26 Å². The van der Waals surface area contributed by atoms with Crippen molar-refractivity contribution in [2.45, 2.75) is 40.0 Å². The molecule has 2 aromatic carbocycles. The van der Waals surface area contributed by atoms with Crippen molar-refractivity contribution >= 4 is 17.4 Å². The largest absolute Gasteiger partial charge is 0.495 e. The van der Waals surface area contributed by atoms with Crippen LogP contribution >= 0.6 is 0 Å². The van der Waals surface area contributed by atoms with Crippen LogP contribution in [0.1, 0.15) is 65.2 Å². The molecule has 33 heavy (non-hydrogen) atoms. The highest BCUT2D eigenvalue weighted by Crippen LogP contribution is 2.32. The van der Waals surface area contributed by atoms with Crippen LogP contribution in [0.25, 0.3) is 11.1 Å². The molecule has 0 radical (unpaired) electrons. The molecule has 0 aliphatic heterocycles. The standard InChI is InChI=1S/C27H27N3O3/c1-16-23(19-9-7-18(8-10-19)17(2)31)13-22(15-29-16)30-26(32)24-12-21(27(3,4)5)11-20(14-28)25(24)33-6/h7-13,15H,1-6H3,(H,30,32). The molecule has 0 saturated heterocycles. The highest BCUT2D eigenvalue weighted by Gasteiger charge is 2.23. The van der Waals surface area contributed by atoms with Crippen LogP contribution in [0, 0.1) is 18.3 Å². The summed E-state index contributed by atoms with van der Waals surface area (Å²) >= 11 is 0. The zero-order chi connectivity index (χ0) is 24.3. The topological polar surface area (TPSA) is 92.1 Å². The van der Waals surface area contributed by atoms with Crippen molar-refractivity contribution in [3.63, 3.8) is 0 Å². The summed E-state index contributed by atoms with van der Waals surface area (Å²) in [6.45, 7) is 9.47. The first-order valence-corrected chi connectivity index (χ1v) is 10.6. The van der Waals surface area contributed by atoms with E-state index in [1.54, 1.807) is 30.5 Å². The van der Waals surface area contributed by atoms with E-state index >= 15 is 0 Å². The first kappa shape index (κ1) is 23.7. The number of anilines is 1. The number of amides is 1. The molecule has 0 unspecified atom stereocenters. The monoisotopic (exact) mass is 441 g/mol. The van der Waals surface area contributed by atoms with Crippen LogP contribution in [0.15, 0.2) is 48.7 Å². The maximum Gasteiger partial charge on any atom is 0.259 e. The van der Waals surface area contributed by atoms with Gasteiger partial charge in [0.25, 0.3) is 5.91 Å². The number of aromatic nitrogens is 1. The molecule has 1 aromatic heterocycles. The number of nitriles is 1.